The number of para-hydroxylation sites is 1. The molecule has 3 aromatic carbocycles. The lowest BCUT2D eigenvalue weighted by Gasteiger charge is -2.51. The van der Waals surface area contributed by atoms with E-state index in [0.29, 0.717) is 29.1 Å². The summed E-state index contributed by atoms with van der Waals surface area (Å²) in [5.41, 5.74) is 2.43. The van der Waals surface area contributed by atoms with Crippen LogP contribution in [0.2, 0.25) is 0 Å². The molecule has 0 spiro atoms. The van der Waals surface area contributed by atoms with Crippen LogP contribution in [0.1, 0.15) is 34.8 Å². The molecule has 3 heterocycles. The Balaban J connectivity index is 0.00000320. The highest BCUT2D eigenvalue weighted by Gasteiger charge is 2.49. The number of hydrogen-bond donors (Lipinski definition) is 1. The Kier molecular flexibility index (Phi) is 9.11. The Labute approximate surface area is 240 Å². The van der Waals surface area contributed by atoms with Gasteiger partial charge in [-0.1, -0.05) is 80.4 Å². The number of carbonyl (C=O) groups excluding carboxylic acids is 2. The van der Waals surface area contributed by atoms with Crippen LogP contribution in [0.25, 0.3) is 0 Å². The second kappa shape index (κ2) is 12.1. The molecular weight excluding hydrogens is 620 g/mol. The van der Waals surface area contributed by atoms with Gasteiger partial charge in [0.1, 0.15) is 13.1 Å². The summed E-state index contributed by atoms with van der Waals surface area (Å²) in [5.74, 6) is 0.188. The molecule has 8 heteroatoms. The minimum atomic E-state index is -0.599. The van der Waals surface area contributed by atoms with Gasteiger partial charge >= 0.3 is 5.97 Å². The number of quaternary nitrogens is 1. The molecule has 3 fully saturated rings. The van der Waals surface area contributed by atoms with Gasteiger partial charge in [0.05, 0.1) is 13.1 Å². The minimum absolute atomic E-state index is 0. The van der Waals surface area contributed by atoms with Gasteiger partial charge in [0, 0.05) is 39.0 Å². The summed E-state index contributed by atoms with van der Waals surface area (Å²) in [7, 11) is 0. The van der Waals surface area contributed by atoms with Crippen LogP contribution in [0, 0.1) is 5.92 Å². The number of halogens is 3. The molecule has 5 nitrogen and oxygen atoms in total. The molecule has 1 unspecified atom stereocenters. The molecule has 0 radical (unpaired) electrons. The number of nitrogens with one attached hydrogen (secondary N) is 1. The molecule has 0 aromatic heterocycles. The van der Waals surface area contributed by atoms with Crippen molar-refractivity contribution in [3.8, 4) is 0 Å². The highest BCUT2D eigenvalue weighted by atomic mass is 79.9. The van der Waals surface area contributed by atoms with Crippen molar-refractivity contribution in [2.24, 2.45) is 5.92 Å². The van der Waals surface area contributed by atoms with Gasteiger partial charge in [-0.15, -0.1) is 0 Å². The quantitative estimate of drug-likeness (QED) is 0.231. The van der Waals surface area contributed by atoms with E-state index in [2.05, 4.69) is 37.2 Å². The van der Waals surface area contributed by atoms with E-state index in [1.54, 1.807) is 0 Å². The second-order valence-electron chi connectivity index (χ2n) is 9.84. The number of anilines is 1. The fourth-order valence-electron chi connectivity index (χ4n) is 5.52. The highest BCUT2D eigenvalue weighted by molar-refractivity contribution is 9.11. The zero-order chi connectivity index (χ0) is 25.1. The van der Waals surface area contributed by atoms with Crippen molar-refractivity contribution in [2.75, 3.05) is 31.5 Å². The molecule has 3 aromatic rings. The van der Waals surface area contributed by atoms with Crippen LogP contribution in [0.5, 0.6) is 0 Å². The molecule has 6 rings (SSSR count). The predicted molar refractivity (Wildman–Crippen MR) is 148 cm³/mol. The van der Waals surface area contributed by atoms with Crippen molar-refractivity contribution in [3.05, 3.63) is 98.9 Å². The number of fused-ring (bicyclic) bond motifs is 3. The monoisotopic (exact) mass is 646 g/mol. The number of Topliss-reactive ketones (excluding diaryl/α,β-unsaturated/α-hetero) is 1. The molecule has 2 bridgehead atoms. The topological polar surface area (TPSA) is 55.4 Å². The third-order valence-electron chi connectivity index (χ3n) is 7.47. The minimum Gasteiger partial charge on any atom is -1.00 e. The number of hydrogen-bond acceptors (Lipinski definition) is 4. The van der Waals surface area contributed by atoms with E-state index in [1.165, 1.54) is 0 Å². The molecule has 0 saturated carbocycles. The van der Waals surface area contributed by atoms with Crippen molar-refractivity contribution < 1.29 is 31.2 Å². The zero-order valence-corrected chi connectivity index (χ0v) is 24.2. The molecular formula is C29H29Br2ClN2O3. The lowest BCUT2D eigenvalue weighted by Crippen LogP contribution is -3.00. The van der Waals surface area contributed by atoms with Crippen molar-refractivity contribution in [1.29, 1.82) is 0 Å². The Morgan fingerprint density at radius 2 is 1.59 bits per heavy atom. The average Bonchev–Trinajstić information content (AvgIpc) is 2.88. The smallest absolute Gasteiger partial charge is 0.333 e. The van der Waals surface area contributed by atoms with Crippen molar-refractivity contribution in [2.45, 2.75) is 25.0 Å². The summed E-state index contributed by atoms with van der Waals surface area (Å²) in [6, 6.07) is 24.5. The van der Waals surface area contributed by atoms with Crippen LogP contribution in [0.15, 0.2) is 87.8 Å². The maximum atomic E-state index is 13.5. The summed E-state index contributed by atoms with van der Waals surface area (Å²) in [4.78, 5) is 26.8. The summed E-state index contributed by atoms with van der Waals surface area (Å²) < 4.78 is 8.63. The third kappa shape index (κ3) is 6.45. The van der Waals surface area contributed by atoms with Crippen LogP contribution < -0.4 is 17.7 Å². The van der Waals surface area contributed by atoms with Gasteiger partial charge in [-0.25, -0.2) is 4.79 Å². The molecule has 194 valence electrons. The van der Waals surface area contributed by atoms with Crippen LogP contribution in [0.3, 0.4) is 0 Å². The molecule has 2 atom stereocenters. The van der Waals surface area contributed by atoms with Crippen molar-refractivity contribution in [3.63, 3.8) is 0 Å². The van der Waals surface area contributed by atoms with Gasteiger partial charge in [-0.2, -0.15) is 0 Å². The fraction of sp³-hybridized carbons (Fsp3) is 0.310. The van der Waals surface area contributed by atoms with E-state index in [-0.39, 0.29) is 30.3 Å². The van der Waals surface area contributed by atoms with Gasteiger partial charge in [-0.3, -0.25) is 4.79 Å². The molecule has 1 N–H and O–H groups in total. The van der Waals surface area contributed by atoms with E-state index >= 15 is 0 Å². The molecule has 37 heavy (non-hydrogen) atoms. The Morgan fingerprint density at radius 1 is 0.946 bits per heavy atom. The molecule has 0 amide bonds. The Bertz CT molecular complexity index is 1230. The van der Waals surface area contributed by atoms with Crippen LogP contribution >= 0.6 is 31.9 Å². The predicted octanol–water partition coefficient (Wildman–Crippen LogP) is 3.40. The van der Waals surface area contributed by atoms with E-state index in [0.717, 1.165) is 46.1 Å². The standard InChI is InChI=1S/C29H29Br2N2O3.ClH/c30-22-11-12-24(25(31)17-22)26(34)18-33-15-13-20(14-16-33)27(19-33)36-29(35)28(21-7-3-1-4-8-21)32-23-9-5-2-6-10-23;/h1-12,17,20,27-28,32H,13-16,18-19H2;1H/q+1;/p-1/t20?,27-,28?,33?;/m0./s1. The lowest BCUT2D eigenvalue weighted by molar-refractivity contribution is -0.938. The number of ether oxygens (including phenoxy) is 1. The lowest BCUT2D eigenvalue weighted by atomic mass is 9.82. The van der Waals surface area contributed by atoms with Crippen LogP contribution in [-0.2, 0) is 9.53 Å². The fourth-order valence-corrected chi connectivity index (χ4v) is 6.79. The first-order chi connectivity index (χ1) is 17.4. The average molecular weight is 649 g/mol. The third-order valence-corrected chi connectivity index (χ3v) is 8.62. The maximum Gasteiger partial charge on any atom is 0.333 e. The largest absolute Gasteiger partial charge is 1.00 e. The van der Waals surface area contributed by atoms with E-state index in [4.69, 9.17) is 4.74 Å². The number of nitrogens with zero attached hydrogens (tertiary/aromatic N) is 1. The number of esters is 1. The number of benzene rings is 3. The second-order valence-corrected chi connectivity index (χ2v) is 11.6. The first-order valence-corrected chi connectivity index (χ1v) is 13.9. The number of piperidine rings is 3. The Morgan fingerprint density at radius 3 is 2.24 bits per heavy atom. The van der Waals surface area contributed by atoms with Crippen LogP contribution in [0.4, 0.5) is 5.69 Å². The molecule has 0 aliphatic carbocycles. The summed E-state index contributed by atoms with van der Waals surface area (Å²) >= 11 is 6.99. The van der Waals surface area contributed by atoms with E-state index in [1.807, 2.05) is 78.9 Å². The van der Waals surface area contributed by atoms with Crippen molar-refractivity contribution in [1.82, 2.24) is 0 Å². The maximum absolute atomic E-state index is 13.5. The molecule has 3 aliphatic rings. The normalized spacial score (nSPS) is 23.0. The molecule has 3 saturated heterocycles. The number of carbonyl (C=O) groups is 2. The first kappa shape index (κ1) is 27.8. The number of rotatable bonds is 8. The summed E-state index contributed by atoms with van der Waals surface area (Å²) in [6.07, 6.45) is 1.74. The van der Waals surface area contributed by atoms with Gasteiger partial charge in [0.25, 0.3) is 0 Å². The van der Waals surface area contributed by atoms with Crippen LogP contribution in [-0.4, -0.2) is 48.5 Å². The van der Waals surface area contributed by atoms with Gasteiger partial charge in [0.2, 0.25) is 5.78 Å². The van der Waals surface area contributed by atoms with Gasteiger partial charge < -0.3 is 26.9 Å². The Hall–Kier alpha value is -2.19. The van der Waals surface area contributed by atoms with E-state index < -0.39 is 6.04 Å². The van der Waals surface area contributed by atoms with Crippen molar-refractivity contribution >= 4 is 49.3 Å². The number of ketones is 1. The highest BCUT2D eigenvalue weighted by Crippen LogP contribution is 2.37. The molecule has 3 aliphatic heterocycles. The van der Waals surface area contributed by atoms with E-state index in [9.17, 15) is 9.59 Å². The summed E-state index contributed by atoms with van der Waals surface area (Å²) in [5, 5.41) is 3.36. The van der Waals surface area contributed by atoms with Gasteiger partial charge in [-0.05, 0) is 35.9 Å². The summed E-state index contributed by atoms with van der Waals surface area (Å²) in [6.45, 7) is 3.00. The van der Waals surface area contributed by atoms with Gasteiger partial charge in [0.15, 0.2) is 12.1 Å². The zero-order valence-electron chi connectivity index (χ0n) is 20.3. The first-order valence-electron chi connectivity index (χ1n) is 12.3. The SMILES string of the molecule is O=C(C[N+]12CCC(CC1)[C@@H](OC(=O)C(Nc1ccccc1)c1ccccc1)C2)c1ccc(Br)cc1Br.[Cl-].